The van der Waals surface area contributed by atoms with Crippen molar-refractivity contribution >= 4 is 28.1 Å². The van der Waals surface area contributed by atoms with Crippen molar-refractivity contribution in [3.05, 3.63) is 40.9 Å². The molecule has 0 bridgehead atoms. The smallest absolute Gasteiger partial charge is 0.230 e. The Morgan fingerprint density at radius 2 is 2.10 bits per heavy atom. The van der Waals surface area contributed by atoms with Crippen LogP contribution in [0, 0.1) is 5.92 Å². The third-order valence-corrected chi connectivity index (χ3v) is 6.26. The summed E-state index contributed by atoms with van der Waals surface area (Å²) >= 11 is 1.61. The highest BCUT2D eigenvalue weighted by molar-refractivity contribution is 7.15. The molecule has 0 saturated carbocycles. The molecule has 29 heavy (non-hydrogen) atoms. The second kappa shape index (κ2) is 11.2. The van der Waals surface area contributed by atoms with Gasteiger partial charge in [-0.2, -0.15) is 0 Å². The number of nitrogens with one attached hydrogen (secondary N) is 1. The van der Waals surface area contributed by atoms with Crippen molar-refractivity contribution in [1.82, 2.24) is 10.3 Å². The van der Waals surface area contributed by atoms with Crippen molar-refractivity contribution in [2.75, 3.05) is 20.3 Å². The van der Waals surface area contributed by atoms with Gasteiger partial charge in [0.05, 0.1) is 18.0 Å². The lowest BCUT2D eigenvalue weighted by atomic mass is 9.87. The zero-order valence-electron chi connectivity index (χ0n) is 17.3. The molecule has 2 aromatic rings. The van der Waals surface area contributed by atoms with E-state index in [0.717, 1.165) is 24.2 Å². The van der Waals surface area contributed by atoms with Crippen LogP contribution in [0.15, 0.2) is 40.6 Å². The molecule has 2 unspecified atom stereocenters. The lowest BCUT2D eigenvalue weighted by Crippen LogP contribution is -2.29. The van der Waals surface area contributed by atoms with Gasteiger partial charge in [-0.05, 0) is 30.9 Å². The molecule has 0 spiro atoms. The molecule has 1 N–H and O–H groups in total. The fraction of sp³-hybridized carbons (Fsp3) is 0.545. The Bertz CT molecular complexity index is 806. The summed E-state index contributed by atoms with van der Waals surface area (Å²) in [6.45, 7) is 3.32. The van der Waals surface area contributed by atoms with Gasteiger partial charge in [-0.3, -0.25) is 4.79 Å². The van der Waals surface area contributed by atoms with E-state index < -0.39 is 0 Å². The lowest BCUT2D eigenvalue weighted by molar-refractivity contribution is -0.122. The number of thiazole rings is 1. The molecule has 3 rings (SSSR count). The summed E-state index contributed by atoms with van der Waals surface area (Å²) in [4.78, 5) is 18.4. The molecular weight excluding hydrogens is 384 g/mol. The molecular formula is C22H30N4O2S. The summed E-state index contributed by atoms with van der Waals surface area (Å²) < 4.78 is 5.01. The summed E-state index contributed by atoms with van der Waals surface area (Å²) in [5, 5.41) is 12.3. The van der Waals surface area contributed by atoms with Gasteiger partial charge in [0.25, 0.3) is 0 Å². The minimum atomic E-state index is 0.103. The van der Waals surface area contributed by atoms with Crippen molar-refractivity contribution in [3.8, 4) is 0 Å². The maximum Gasteiger partial charge on any atom is 0.230 e. The maximum absolute atomic E-state index is 12.3. The summed E-state index contributed by atoms with van der Waals surface area (Å²) in [5.41, 5.74) is 1.97. The van der Waals surface area contributed by atoms with Gasteiger partial charge in [0.15, 0.2) is 0 Å². The number of carbonyl (C=O) groups is 1. The number of rotatable bonds is 11. The summed E-state index contributed by atoms with van der Waals surface area (Å²) in [7, 11) is 1.64. The van der Waals surface area contributed by atoms with Crippen molar-refractivity contribution < 1.29 is 9.53 Å². The van der Waals surface area contributed by atoms with Gasteiger partial charge in [-0.15, -0.1) is 10.2 Å². The van der Waals surface area contributed by atoms with E-state index in [1.807, 2.05) is 30.3 Å². The first-order valence-electron chi connectivity index (χ1n) is 10.4. The maximum atomic E-state index is 12.3. The highest BCUT2D eigenvalue weighted by Gasteiger charge is 2.36. The lowest BCUT2D eigenvalue weighted by Gasteiger charge is -2.19. The van der Waals surface area contributed by atoms with Crippen molar-refractivity contribution in [2.45, 2.75) is 51.4 Å². The average molecular weight is 415 g/mol. The number of fused-ring (bicyclic) bond motifs is 1. The molecule has 1 aromatic carbocycles. The number of hydrogen-bond donors (Lipinski definition) is 1. The summed E-state index contributed by atoms with van der Waals surface area (Å²) in [5.74, 6) is 0.761. The summed E-state index contributed by atoms with van der Waals surface area (Å²) in [6.07, 6.45) is 6.10. The van der Waals surface area contributed by atoms with Crippen LogP contribution in [0.2, 0.25) is 0 Å². The zero-order valence-corrected chi connectivity index (χ0v) is 18.1. The second-order valence-electron chi connectivity index (χ2n) is 7.45. The van der Waals surface area contributed by atoms with Crippen molar-refractivity contribution in [3.63, 3.8) is 0 Å². The van der Waals surface area contributed by atoms with Crippen LogP contribution in [0.25, 0.3) is 0 Å². The number of carbonyl (C=O) groups excluding carboxylic acids is 1. The van der Waals surface area contributed by atoms with Crippen LogP contribution >= 0.6 is 11.3 Å². The fourth-order valence-electron chi connectivity index (χ4n) is 3.83. The Morgan fingerprint density at radius 3 is 2.86 bits per heavy atom. The molecule has 1 aromatic heterocycles. The molecule has 1 amide bonds. The van der Waals surface area contributed by atoms with Crippen molar-refractivity contribution in [2.24, 2.45) is 16.1 Å². The van der Waals surface area contributed by atoms with E-state index in [1.165, 1.54) is 24.1 Å². The Morgan fingerprint density at radius 1 is 1.28 bits per heavy atom. The van der Waals surface area contributed by atoms with Gasteiger partial charge in [0, 0.05) is 30.9 Å². The Hall–Kier alpha value is -2.12. The van der Waals surface area contributed by atoms with Crippen LogP contribution in [0.1, 0.15) is 55.5 Å². The molecule has 1 aliphatic carbocycles. The van der Waals surface area contributed by atoms with E-state index in [2.05, 4.69) is 22.5 Å². The molecule has 6 nitrogen and oxygen atoms in total. The number of methoxy groups -OCH3 is 1. The van der Waals surface area contributed by atoms with Crippen LogP contribution in [0.4, 0.5) is 10.8 Å². The standard InChI is InChI=1S/C22H30N4O2S/c1-3-4-6-11-18-16(15-20(27)23-12-13-28-2)14-19-21(18)24-22(29-19)26-25-17-9-7-5-8-10-17/h5,7-10,16,18H,3-4,6,11-15H2,1-2H3,(H,23,27). The number of ether oxygens (including phenoxy) is 1. The minimum absolute atomic E-state index is 0.103. The van der Waals surface area contributed by atoms with Gasteiger partial charge in [0.2, 0.25) is 11.0 Å². The third kappa shape index (κ3) is 6.18. The average Bonchev–Trinajstić information content (AvgIpc) is 3.25. The topological polar surface area (TPSA) is 75.9 Å². The zero-order chi connectivity index (χ0) is 20.5. The van der Waals surface area contributed by atoms with E-state index in [-0.39, 0.29) is 5.91 Å². The number of amides is 1. The van der Waals surface area contributed by atoms with Crippen LogP contribution in [0.3, 0.4) is 0 Å². The largest absolute Gasteiger partial charge is 0.383 e. The highest BCUT2D eigenvalue weighted by Crippen LogP contribution is 2.46. The van der Waals surface area contributed by atoms with E-state index in [1.54, 1.807) is 18.4 Å². The van der Waals surface area contributed by atoms with Gasteiger partial charge in [0.1, 0.15) is 0 Å². The molecule has 2 atom stereocenters. The predicted octanol–water partition coefficient (Wildman–Crippen LogP) is 5.55. The first kappa shape index (κ1) is 21.6. The number of aromatic nitrogens is 1. The monoisotopic (exact) mass is 414 g/mol. The first-order valence-corrected chi connectivity index (χ1v) is 11.2. The molecule has 0 saturated heterocycles. The number of benzene rings is 1. The van der Waals surface area contributed by atoms with Crippen molar-refractivity contribution in [1.29, 1.82) is 0 Å². The van der Waals surface area contributed by atoms with E-state index in [9.17, 15) is 4.79 Å². The molecule has 0 aliphatic heterocycles. The number of nitrogens with zero attached hydrogens (tertiary/aromatic N) is 3. The molecule has 1 heterocycles. The van der Waals surface area contributed by atoms with Gasteiger partial charge < -0.3 is 10.1 Å². The normalized spacial score (nSPS) is 18.3. The van der Waals surface area contributed by atoms with Crippen LogP contribution < -0.4 is 5.32 Å². The Kier molecular flexibility index (Phi) is 8.31. The van der Waals surface area contributed by atoms with E-state index in [0.29, 0.717) is 36.5 Å². The third-order valence-electron chi connectivity index (χ3n) is 5.29. The highest BCUT2D eigenvalue weighted by atomic mass is 32.1. The molecule has 0 fully saturated rings. The SMILES string of the molecule is CCCCCC1c2nc(N=Nc3ccccc3)sc2CC1CC(=O)NCCOC. The molecule has 7 heteroatoms. The van der Waals surface area contributed by atoms with Crippen LogP contribution in [-0.2, 0) is 16.0 Å². The van der Waals surface area contributed by atoms with Gasteiger partial charge in [-0.25, -0.2) is 4.98 Å². The van der Waals surface area contributed by atoms with Crippen LogP contribution in [-0.4, -0.2) is 31.2 Å². The fourth-order valence-corrected chi connectivity index (χ4v) is 4.88. The molecule has 0 radical (unpaired) electrons. The molecule has 1 aliphatic rings. The first-order chi connectivity index (χ1) is 14.2. The quantitative estimate of drug-likeness (QED) is 0.387. The molecule has 156 valence electrons. The van der Waals surface area contributed by atoms with Crippen LogP contribution in [0.5, 0.6) is 0 Å². The summed E-state index contributed by atoms with van der Waals surface area (Å²) in [6, 6.07) is 9.71. The Balaban J connectivity index is 1.67. The second-order valence-corrected chi connectivity index (χ2v) is 8.52. The van der Waals surface area contributed by atoms with Gasteiger partial charge in [-0.1, -0.05) is 55.7 Å². The number of unbranched alkanes of at least 4 members (excludes halogenated alkanes) is 2. The minimum Gasteiger partial charge on any atom is -0.383 e. The Labute approximate surface area is 176 Å². The predicted molar refractivity (Wildman–Crippen MR) is 116 cm³/mol. The van der Waals surface area contributed by atoms with E-state index >= 15 is 0 Å². The number of azo groups is 1. The number of hydrogen-bond acceptors (Lipinski definition) is 6. The van der Waals surface area contributed by atoms with E-state index in [4.69, 9.17) is 9.72 Å². The van der Waals surface area contributed by atoms with Gasteiger partial charge >= 0.3 is 0 Å².